The Bertz CT molecular complexity index is 1080. The Hall–Kier alpha value is -2.77. The maximum atomic E-state index is 14.4. The first-order valence-corrected chi connectivity index (χ1v) is 8.34. The summed E-state index contributed by atoms with van der Waals surface area (Å²) >= 11 is 5.91. The van der Waals surface area contributed by atoms with Gasteiger partial charge >= 0.3 is 0 Å². The monoisotopic (exact) mass is 373 g/mol. The van der Waals surface area contributed by atoms with E-state index >= 15 is 0 Å². The minimum Gasteiger partial charge on any atom is -0.325 e. The van der Waals surface area contributed by atoms with Crippen LogP contribution in [0, 0.1) is 0 Å². The summed E-state index contributed by atoms with van der Waals surface area (Å²) in [6, 6.07) is 5.21. The Balaban J connectivity index is 2.16. The van der Waals surface area contributed by atoms with Crippen LogP contribution in [0.1, 0.15) is 24.7 Å². The van der Waals surface area contributed by atoms with Crippen LogP contribution in [0.15, 0.2) is 46.6 Å². The second-order valence-corrected chi connectivity index (χ2v) is 6.13. The van der Waals surface area contributed by atoms with Crippen LogP contribution in [0.4, 0.5) is 4.39 Å². The second-order valence-electron chi connectivity index (χ2n) is 5.67. The van der Waals surface area contributed by atoms with Crippen molar-refractivity contribution in [2.75, 3.05) is 0 Å². The van der Waals surface area contributed by atoms with E-state index in [1.54, 1.807) is 31.3 Å². The zero-order valence-corrected chi connectivity index (χ0v) is 14.8. The fourth-order valence-corrected chi connectivity index (χ4v) is 2.82. The van der Waals surface area contributed by atoms with Gasteiger partial charge in [0.1, 0.15) is 5.83 Å². The molecule has 0 aliphatic heterocycles. The molecule has 134 valence electrons. The maximum absolute atomic E-state index is 14.4. The molecule has 26 heavy (non-hydrogen) atoms. The van der Waals surface area contributed by atoms with E-state index in [0.717, 1.165) is 5.56 Å². The van der Waals surface area contributed by atoms with E-state index in [0.29, 0.717) is 34.1 Å². The highest BCUT2D eigenvalue weighted by molar-refractivity contribution is 6.30. The maximum Gasteiger partial charge on any atom is 0.272 e. The molecular formula is C18H17ClFN5O. The lowest BCUT2D eigenvalue weighted by Crippen LogP contribution is -2.13. The molecule has 0 spiro atoms. The minimum atomic E-state index is -0.582. The molecule has 2 aromatic heterocycles. The molecule has 2 heterocycles. The smallest absolute Gasteiger partial charge is 0.272 e. The van der Waals surface area contributed by atoms with Gasteiger partial charge in [-0.25, -0.2) is 9.49 Å². The topological polar surface area (TPSA) is 100 Å². The summed E-state index contributed by atoms with van der Waals surface area (Å²) in [7, 11) is 0. The molecule has 4 N–H and O–H groups in total. The predicted molar refractivity (Wildman–Crippen MR) is 101 cm³/mol. The predicted octanol–water partition coefficient (Wildman–Crippen LogP) is 3.62. The van der Waals surface area contributed by atoms with Crippen LogP contribution in [-0.2, 0) is 6.54 Å². The van der Waals surface area contributed by atoms with Crippen molar-refractivity contribution in [3.8, 4) is 11.1 Å². The van der Waals surface area contributed by atoms with Crippen LogP contribution < -0.4 is 11.3 Å². The van der Waals surface area contributed by atoms with E-state index in [1.807, 2.05) is 0 Å². The van der Waals surface area contributed by atoms with E-state index in [2.05, 4.69) is 27.0 Å². The molecule has 0 aliphatic carbocycles. The van der Waals surface area contributed by atoms with Crippen molar-refractivity contribution in [2.24, 2.45) is 5.73 Å². The molecule has 0 unspecified atom stereocenters. The average molecular weight is 374 g/mol. The molecule has 0 amide bonds. The number of rotatable bonds is 5. The molecule has 0 saturated carbocycles. The van der Waals surface area contributed by atoms with Crippen molar-refractivity contribution < 1.29 is 4.39 Å². The molecule has 3 rings (SSSR count). The average Bonchev–Trinajstić information content (AvgIpc) is 3.16. The van der Waals surface area contributed by atoms with E-state index in [-0.39, 0.29) is 22.7 Å². The molecule has 8 heteroatoms. The fourth-order valence-electron chi connectivity index (χ4n) is 2.71. The van der Waals surface area contributed by atoms with Crippen LogP contribution >= 0.6 is 11.6 Å². The lowest BCUT2D eigenvalue weighted by atomic mass is 9.99. The van der Waals surface area contributed by atoms with Gasteiger partial charge in [-0.1, -0.05) is 31.2 Å². The SMILES string of the molecule is C=C(/C(F)=C(/Cl)CC)c1[nH]ncc1-c1ccc2c(=O)[nH]nc(CN)c2c1. The number of nitrogens with one attached hydrogen (secondary N) is 2. The quantitative estimate of drug-likeness (QED) is 0.594. The van der Waals surface area contributed by atoms with Gasteiger partial charge in [-0.2, -0.15) is 10.2 Å². The number of halogens is 2. The third-order valence-corrected chi connectivity index (χ3v) is 4.56. The summed E-state index contributed by atoms with van der Waals surface area (Å²) in [6.45, 7) is 5.71. The van der Waals surface area contributed by atoms with Gasteiger partial charge in [0.25, 0.3) is 5.56 Å². The van der Waals surface area contributed by atoms with Crippen molar-refractivity contribution in [2.45, 2.75) is 19.9 Å². The van der Waals surface area contributed by atoms with Gasteiger partial charge in [0, 0.05) is 23.1 Å². The second kappa shape index (κ2) is 7.23. The minimum absolute atomic E-state index is 0.0928. The molecule has 6 nitrogen and oxygen atoms in total. The van der Waals surface area contributed by atoms with Crippen molar-refractivity contribution >= 4 is 27.9 Å². The summed E-state index contributed by atoms with van der Waals surface area (Å²) in [5.74, 6) is -0.582. The molecular weight excluding hydrogens is 357 g/mol. The first-order chi connectivity index (χ1) is 12.5. The molecule has 3 aromatic rings. The number of hydrogen-bond acceptors (Lipinski definition) is 4. The number of fused-ring (bicyclic) bond motifs is 1. The number of hydrogen-bond donors (Lipinski definition) is 3. The van der Waals surface area contributed by atoms with Gasteiger partial charge in [-0.3, -0.25) is 9.89 Å². The zero-order valence-electron chi connectivity index (χ0n) is 14.1. The highest BCUT2D eigenvalue weighted by Crippen LogP contribution is 2.34. The number of benzene rings is 1. The van der Waals surface area contributed by atoms with Crippen LogP contribution in [0.5, 0.6) is 0 Å². The summed E-state index contributed by atoms with van der Waals surface area (Å²) < 4.78 is 14.4. The Morgan fingerprint density at radius 1 is 1.35 bits per heavy atom. The number of H-pyrrole nitrogens is 2. The first kappa shape index (κ1) is 18.0. The number of nitrogens with zero attached hydrogens (tertiary/aromatic N) is 2. The Labute approximate surface area is 153 Å². The van der Waals surface area contributed by atoms with Gasteiger partial charge in [-0.15, -0.1) is 0 Å². The number of aromatic nitrogens is 4. The van der Waals surface area contributed by atoms with Gasteiger partial charge in [-0.05, 0) is 24.1 Å². The molecule has 0 radical (unpaired) electrons. The summed E-state index contributed by atoms with van der Waals surface area (Å²) in [5.41, 5.74) is 7.87. The molecule has 0 fully saturated rings. The van der Waals surface area contributed by atoms with Gasteiger partial charge in [0.05, 0.1) is 28.0 Å². The molecule has 0 bridgehead atoms. The first-order valence-electron chi connectivity index (χ1n) is 7.96. The number of aromatic amines is 2. The summed E-state index contributed by atoms with van der Waals surface area (Å²) in [5, 5.41) is 14.4. The van der Waals surface area contributed by atoms with Gasteiger partial charge in [0.2, 0.25) is 0 Å². The summed E-state index contributed by atoms with van der Waals surface area (Å²) in [6.07, 6.45) is 1.93. The largest absolute Gasteiger partial charge is 0.325 e. The summed E-state index contributed by atoms with van der Waals surface area (Å²) in [4.78, 5) is 12.0. The normalized spacial score (nSPS) is 12.3. The standard InChI is InChI=1S/C18H17ClFN5O/c1-3-14(19)16(20)9(2)17-13(8-22-24-17)10-4-5-11-12(6-10)15(7-21)23-25-18(11)26/h4-6,8H,2-3,7,21H2,1H3,(H,22,24)(H,25,26)/b16-14-. The van der Waals surface area contributed by atoms with E-state index in [1.165, 1.54) is 0 Å². The van der Waals surface area contributed by atoms with Crippen molar-refractivity contribution in [3.63, 3.8) is 0 Å². The van der Waals surface area contributed by atoms with Crippen LogP contribution in [0.2, 0.25) is 0 Å². The number of allylic oxidation sites excluding steroid dienone is 3. The highest BCUT2D eigenvalue weighted by atomic mass is 35.5. The third kappa shape index (κ3) is 3.07. The van der Waals surface area contributed by atoms with E-state index in [4.69, 9.17) is 17.3 Å². The molecule has 0 aliphatic rings. The van der Waals surface area contributed by atoms with Crippen LogP contribution in [0.3, 0.4) is 0 Å². The van der Waals surface area contributed by atoms with Crippen molar-refractivity contribution in [3.05, 3.63) is 63.6 Å². The molecule has 0 saturated heterocycles. The van der Waals surface area contributed by atoms with Gasteiger partial charge < -0.3 is 5.73 Å². The lowest BCUT2D eigenvalue weighted by Gasteiger charge is -2.09. The highest BCUT2D eigenvalue weighted by Gasteiger charge is 2.17. The van der Waals surface area contributed by atoms with Crippen molar-refractivity contribution in [1.82, 2.24) is 20.4 Å². The Morgan fingerprint density at radius 3 is 2.81 bits per heavy atom. The third-order valence-electron chi connectivity index (χ3n) is 4.13. The Morgan fingerprint density at radius 2 is 2.12 bits per heavy atom. The van der Waals surface area contributed by atoms with Gasteiger partial charge in [0.15, 0.2) is 0 Å². The Kier molecular flexibility index (Phi) is 5.01. The zero-order chi connectivity index (χ0) is 18.8. The van der Waals surface area contributed by atoms with Crippen molar-refractivity contribution in [1.29, 1.82) is 0 Å². The molecule has 1 aromatic carbocycles. The van der Waals surface area contributed by atoms with Crippen LogP contribution in [-0.4, -0.2) is 20.4 Å². The van der Waals surface area contributed by atoms with E-state index < -0.39 is 5.83 Å². The number of nitrogens with two attached hydrogens (primary N) is 1. The fraction of sp³-hybridized carbons (Fsp3) is 0.167. The molecule has 0 atom stereocenters. The lowest BCUT2D eigenvalue weighted by molar-refractivity contribution is 0.664. The van der Waals surface area contributed by atoms with E-state index in [9.17, 15) is 9.18 Å². The van der Waals surface area contributed by atoms with Crippen LogP contribution in [0.25, 0.3) is 27.5 Å².